The molecule has 0 N–H and O–H groups in total. The minimum atomic E-state index is -0.619. The molecule has 6 fully saturated rings. The summed E-state index contributed by atoms with van der Waals surface area (Å²) in [4.78, 5) is 45.0. The van der Waals surface area contributed by atoms with E-state index in [1.807, 2.05) is 191 Å². The van der Waals surface area contributed by atoms with Crippen LogP contribution in [-0.2, 0) is 75.7 Å². The van der Waals surface area contributed by atoms with Gasteiger partial charge in [-0.05, 0) is 279 Å². The number of amides is 3. The number of rotatable bonds is 12. The molecule has 6 aromatic carbocycles. The van der Waals surface area contributed by atoms with E-state index >= 15 is 0 Å². The molecule has 0 unspecified atom stereocenters. The minimum absolute atomic E-state index is 0.125. The predicted octanol–water partition coefficient (Wildman–Crippen LogP) is 17.0. The van der Waals surface area contributed by atoms with Crippen molar-refractivity contribution < 1.29 is 56.5 Å². The summed E-state index contributed by atoms with van der Waals surface area (Å²) in [6, 6.07) is 40.5. The zero-order chi connectivity index (χ0) is 83.3. The van der Waals surface area contributed by atoms with Gasteiger partial charge in [0.25, 0.3) is 0 Å². The van der Waals surface area contributed by atoms with Gasteiger partial charge in [-0.15, -0.1) is 10.2 Å². The number of anilines is 3. The topological polar surface area (TPSA) is 277 Å². The summed E-state index contributed by atoms with van der Waals surface area (Å²) in [5, 5.41) is 44.1. The average molecular weight is 1700 g/mol. The van der Waals surface area contributed by atoms with E-state index in [1.165, 1.54) is 0 Å². The van der Waals surface area contributed by atoms with Gasteiger partial charge in [0.05, 0.1) is 84.2 Å². The lowest BCUT2D eigenvalue weighted by Gasteiger charge is -2.37. The largest absolute Gasteiger partial charge is 0.498 e. The fourth-order valence-corrected chi connectivity index (χ4v) is 15.6. The molecule has 3 amide bonds. The van der Waals surface area contributed by atoms with E-state index in [-0.39, 0.29) is 76.0 Å². The van der Waals surface area contributed by atoms with Crippen LogP contribution in [0.25, 0.3) is 11.3 Å². The number of halogens is 2. The maximum atomic E-state index is 13.2. The van der Waals surface area contributed by atoms with Gasteiger partial charge in [0, 0.05) is 77.7 Å². The van der Waals surface area contributed by atoms with Crippen LogP contribution in [0.15, 0.2) is 131 Å². The molecular weight excluding hydrogens is 1600 g/mol. The summed E-state index contributed by atoms with van der Waals surface area (Å²) < 4.78 is 60.5. The monoisotopic (exact) mass is 1700 g/mol. The molecule has 0 bridgehead atoms. The minimum Gasteiger partial charge on any atom is -0.456 e. The van der Waals surface area contributed by atoms with Gasteiger partial charge in [-0.2, -0.15) is 15.8 Å². The Labute approximate surface area is 698 Å². The van der Waals surface area contributed by atoms with E-state index < -0.39 is 32.3 Å². The lowest BCUT2D eigenvalue weighted by atomic mass is 9.49. The molecule has 604 valence electrons. The number of aryl methyl sites for hydroxylation is 2. The van der Waals surface area contributed by atoms with Crippen LogP contribution in [0.3, 0.4) is 0 Å². The summed E-state index contributed by atoms with van der Waals surface area (Å²) >= 11 is 6.72. The highest BCUT2D eigenvalue weighted by molar-refractivity contribution is 9.10. The van der Waals surface area contributed by atoms with Crippen LogP contribution in [0.1, 0.15) is 195 Å². The van der Waals surface area contributed by atoms with Crippen molar-refractivity contribution in [3.05, 3.63) is 164 Å². The smallest absolute Gasteiger partial charge is 0.456 e. The number of hydrogen-bond acceptors (Lipinski definition) is 19. The fourth-order valence-electron chi connectivity index (χ4n) is 14.8. The van der Waals surface area contributed by atoms with E-state index in [9.17, 15) is 30.2 Å². The first-order chi connectivity index (χ1) is 55.0. The number of nitrogens with zero attached hydrogens (tertiary/aromatic N) is 12. The first kappa shape index (κ1) is 84.7. The zero-order valence-corrected chi connectivity index (χ0v) is 72.4. The molecule has 2 aromatic heterocycles. The Morgan fingerprint density at radius 1 is 0.431 bits per heavy atom. The van der Waals surface area contributed by atoms with Crippen LogP contribution in [-0.4, -0.2) is 121 Å². The number of hydrogen-bond donors (Lipinski definition) is 0. The number of aromatic nitrogens is 6. The number of carbonyl (C=O) groups is 3. The number of ether oxygens (including phenoxy) is 3. The van der Waals surface area contributed by atoms with E-state index in [0.717, 1.165) is 131 Å². The number of nitriles is 3. The molecule has 8 aromatic rings. The zero-order valence-electron chi connectivity index (χ0n) is 69.2. The van der Waals surface area contributed by atoms with Gasteiger partial charge in [-0.1, -0.05) is 52.9 Å². The van der Waals surface area contributed by atoms with Crippen LogP contribution in [0, 0.1) is 51.7 Å². The summed E-state index contributed by atoms with van der Waals surface area (Å²) in [6.45, 7) is 30.6. The number of para-hydroxylation sites is 3. The van der Waals surface area contributed by atoms with Crippen LogP contribution < -0.4 is 34.4 Å². The molecule has 3 atom stereocenters. The molecule has 6 aliphatic heterocycles. The lowest BCUT2D eigenvalue weighted by Crippen LogP contribution is -2.44. The Balaban J connectivity index is 0.000000133. The second kappa shape index (κ2) is 33.7. The molecule has 17 rings (SSSR count). The van der Waals surface area contributed by atoms with Crippen LogP contribution >= 0.6 is 31.9 Å². The average Bonchev–Trinajstić information content (AvgIpc) is 1.46. The third-order valence-corrected chi connectivity index (χ3v) is 25.1. The number of carbonyl (C=O) groups excluding carboxylic acids is 3. The Kier molecular flexibility index (Phi) is 24.6. The third kappa shape index (κ3) is 17.8. The Bertz CT molecular complexity index is 5070. The normalized spacial score (nSPS) is 21.2. The molecule has 0 spiro atoms. The molecule has 24 nitrogen and oxygen atoms in total. The quantitative estimate of drug-likeness (QED) is 0.103. The SMILES string of the molecule is CC1(C)OB(B2OC(C)(C)C(C)(C)O2)OC1(C)C.C[C@H]1CCc2c(ccc(-c3cn(C)nn3)c2Oc2ccccc2C#N)N1C(=O)C1CC1.C[C@H]1CCc2c(ccc(B3OC(C)(C)C(C)(C)O3)c2Oc2ccccc2C#N)N1C(=O)C1CC1.C[C@H]1CCc2c(ccc(Br)c2Oc2ccccc2C#N)N1C(=O)C1CC1.Cn1cc(Br)nn1. The first-order valence-corrected chi connectivity index (χ1v) is 41.6. The van der Waals surface area contributed by atoms with Gasteiger partial charge >= 0.3 is 21.1 Å². The molecule has 116 heavy (non-hydrogen) atoms. The lowest BCUT2D eigenvalue weighted by molar-refractivity contribution is -0.121. The summed E-state index contributed by atoms with van der Waals surface area (Å²) in [5.74, 6) is 4.52. The van der Waals surface area contributed by atoms with Gasteiger partial charge in [0.2, 0.25) is 17.7 Å². The molecule has 29 heteroatoms. The molecule has 3 saturated carbocycles. The molecule has 8 heterocycles. The highest BCUT2D eigenvalue weighted by Crippen LogP contribution is 2.51. The van der Waals surface area contributed by atoms with Crippen molar-refractivity contribution in [3.63, 3.8) is 0 Å². The summed E-state index contributed by atoms with van der Waals surface area (Å²) in [7, 11) is 2.06. The van der Waals surface area contributed by atoms with Crippen molar-refractivity contribution in [3.8, 4) is 64.0 Å². The third-order valence-electron chi connectivity index (χ3n) is 24.1. The number of benzene rings is 6. The van der Waals surface area contributed by atoms with Crippen LogP contribution in [0.5, 0.6) is 34.5 Å². The van der Waals surface area contributed by atoms with Crippen LogP contribution in [0.2, 0.25) is 0 Å². The molecule has 3 aliphatic carbocycles. The van der Waals surface area contributed by atoms with E-state index in [4.69, 9.17) is 42.1 Å². The van der Waals surface area contributed by atoms with Crippen molar-refractivity contribution >= 4 is 93.2 Å². The van der Waals surface area contributed by atoms with Gasteiger partial charge in [0.15, 0.2) is 0 Å². The maximum Gasteiger partial charge on any atom is 0.498 e. The van der Waals surface area contributed by atoms with Gasteiger partial charge in [-0.3, -0.25) is 23.7 Å². The maximum absolute atomic E-state index is 13.2. The highest BCUT2D eigenvalue weighted by Gasteiger charge is 2.64. The molecule has 0 radical (unpaired) electrons. The number of fused-ring (bicyclic) bond motifs is 3. The highest BCUT2D eigenvalue weighted by atomic mass is 79.9. The fraction of sp³-hybridized carbons (Fsp3) is 0.471. The van der Waals surface area contributed by atoms with Crippen molar-refractivity contribution in [2.75, 3.05) is 14.7 Å². The Hall–Kier alpha value is -9.21. The Morgan fingerprint density at radius 3 is 1.12 bits per heavy atom. The molecule has 9 aliphatic rings. The van der Waals surface area contributed by atoms with Crippen LogP contribution in [0.4, 0.5) is 17.1 Å². The molecule has 3 saturated heterocycles. The van der Waals surface area contributed by atoms with E-state index in [0.29, 0.717) is 56.9 Å². The van der Waals surface area contributed by atoms with Crippen molar-refractivity contribution in [2.24, 2.45) is 31.8 Å². The van der Waals surface area contributed by atoms with Crippen molar-refractivity contribution in [2.45, 2.75) is 233 Å². The second-order valence-electron chi connectivity index (χ2n) is 34.4. The van der Waals surface area contributed by atoms with Gasteiger partial charge in [-0.25, -0.2) is 0 Å². The van der Waals surface area contributed by atoms with Gasteiger partial charge in [0.1, 0.15) is 63.0 Å². The summed E-state index contributed by atoms with van der Waals surface area (Å²) in [5.41, 5.74) is 6.92. The van der Waals surface area contributed by atoms with Crippen molar-refractivity contribution in [1.29, 1.82) is 15.8 Å². The van der Waals surface area contributed by atoms with Gasteiger partial charge < -0.3 is 56.8 Å². The van der Waals surface area contributed by atoms with E-state index in [2.05, 4.69) is 91.5 Å². The summed E-state index contributed by atoms with van der Waals surface area (Å²) in [6.07, 6.45) is 14.4. The standard InChI is InChI=1S/C27H31BN2O4.C24H23N5O2.C21H19BrN2O2.C12H24B2O4.C3H4BrN3/c1-17-10-13-20-22(30(17)25(31)18-11-12-18)15-14-21(28-33-26(2,3)27(4,5)34-28)24(20)32-23-9-7-6-8-19(23)16-29;1-15-7-10-19-21(29(15)24(30)16-8-9-16)12-11-18(20-14-28(2)27-26-20)23(19)31-22-6-4-3-5-17(22)13-25;1-13-6-9-16-18(24(13)21(25)14-7-8-14)11-10-17(22)20(16)26-19-5-3-2-4-15(19)12-23;1-9(2)10(3,4)16-13(15-9)14-17-11(5,6)12(7,8)18-14;1-7-2-3(4)5-6-7/h6-9,14-15,17-18H,10-13H2,1-5H3;3-6,11-12,14-16H,7-10H2,1-2H3;2-5,10-11,13-14H,6-9H2,1H3;1-8H3;2H,1H3/t17-;15-;13-;;/m000../s1. The second-order valence-corrected chi connectivity index (χ2v) is 36.0. The molecular formula is C87H101B3Br2N12O12. The Morgan fingerprint density at radius 2 is 0.767 bits per heavy atom. The first-order valence-electron chi connectivity index (χ1n) is 40.0. The predicted molar refractivity (Wildman–Crippen MR) is 451 cm³/mol. The van der Waals surface area contributed by atoms with Crippen molar-refractivity contribution in [1.82, 2.24) is 30.0 Å². The van der Waals surface area contributed by atoms with E-state index in [1.54, 1.807) is 52.0 Å².